The molecule has 1 fully saturated rings. The number of rotatable bonds is 7. The summed E-state index contributed by atoms with van der Waals surface area (Å²) in [5.74, 6) is 1.05. The molecule has 0 unspecified atom stereocenters. The fourth-order valence-electron chi connectivity index (χ4n) is 3.64. The number of hydrogen-bond acceptors (Lipinski definition) is 7. The van der Waals surface area contributed by atoms with Gasteiger partial charge in [0.1, 0.15) is 25.0 Å². The second-order valence-electron chi connectivity index (χ2n) is 7.62. The first-order valence-corrected chi connectivity index (χ1v) is 10.1. The Balaban J connectivity index is 1.30. The molecule has 3 aromatic rings. The summed E-state index contributed by atoms with van der Waals surface area (Å²) in [7, 11) is 3.93. The maximum Gasteiger partial charge on any atom is 0.275 e. The van der Waals surface area contributed by atoms with Crippen LogP contribution >= 0.6 is 0 Å². The van der Waals surface area contributed by atoms with Gasteiger partial charge >= 0.3 is 0 Å². The van der Waals surface area contributed by atoms with Crippen molar-refractivity contribution in [3.8, 4) is 11.4 Å². The van der Waals surface area contributed by atoms with Crippen LogP contribution in [0.4, 0.5) is 0 Å². The molecule has 0 radical (unpaired) electrons. The Morgan fingerprint density at radius 2 is 2.13 bits per heavy atom. The average Bonchev–Trinajstić information content (AvgIpc) is 3.46. The Morgan fingerprint density at radius 1 is 1.30 bits per heavy atom. The van der Waals surface area contributed by atoms with Crippen LogP contribution in [0, 0.1) is 0 Å². The minimum absolute atomic E-state index is 0.138. The average molecular weight is 410 g/mol. The number of piperidine rings is 1. The van der Waals surface area contributed by atoms with Crippen LogP contribution in [-0.2, 0) is 6.61 Å². The quantitative estimate of drug-likeness (QED) is 0.591. The Hall–Kier alpha value is -3.20. The first kappa shape index (κ1) is 20.1. The van der Waals surface area contributed by atoms with Gasteiger partial charge < -0.3 is 19.1 Å². The molecule has 9 heteroatoms. The maximum atomic E-state index is 12.7. The van der Waals surface area contributed by atoms with Gasteiger partial charge in [-0.05, 0) is 50.7 Å². The van der Waals surface area contributed by atoms with Crippen LogP contribution < -0.4 is 4.74 Å². The van der Waals surface area contributed by atoms with E-state index in [-0.39, 0.29) is 12.5 Å². The van der Waals surface area contributed by atoms with Crippen molar-refractivity contribution in [1.82, 2.24) is 29.7 Å². The molecule has 1 aromatic carbocycles. The Labute approximate surface area is 175 Å². The molecule has 1 atom stereocenters. The second kappa shape index (κ2) is 9.08. The van der Waals surface area contributed by atoms with Gasteiger partial charge in [-0.15, -0.1) is 0 Å². The summed E-state index contributed by atoms with van der Waals surface area (Å²) in [6.07, 6.45) is 6.66. The lowest BCUT2D eigenvalue weighted by Crippen LogP contribution is -2.45. The van der Waals surface area contributed by atoms with Gasteiger partial charge in [0.15, 0.2) is 11.5 Å². The lowest BCUT2D eigenvalue weighted by Gasteiger charge is -2.34. The number of carbonyl (C=O) groups excluding carboxylic acids is 1. The zero-order chi connectivity index (χ0) is 20.9. The van der Waals surface area contributed by atoms with Crippen LogP contribution in [0.1, 0.15) is 35.5 Å². The second-order valence-corrected chi connectivity index (χ2v) is 7.62. The molecule has 158 valence electrons. The number of amides is 1. The number of hydrogen-bond donors (Lipinski definition) is 0. The molecule has 1 amide bonds. The van der Waals surface area contributed by atoms with Crippen LogP contribution in [0.5, 0.6) is 5.75 Å². The van der Waals surface area contributed by atoms with E-state index in [0.29, 0.717) is 29.8 Å². The van der Waals surface area contributed by atoms with Gasteiger partial charge in [0, 0.05) is 25.7 Å². The van der Waals surface area contributed by atoms with Crippen molar-refractivity contribution in [2.45, 2.75) is 31.9 Å². The molecule has 0 spiro atoms. The number of likely N-dealkylation sites (tertiary alicyclic amines) is 1. The highest BCUT2D eigenvalue weighted by atomic mass is 16.5. The zero-order valence-corrected chi connectivity index (χ0v) is 17.3. The van der Waals surface area contributed by atoms with Crippen molar-refractivity contribution in [1.29, 1.82) is 0 Å². The maximum absolute atomic E-state index is 12.7. The van der Waals surface area contributed by atoms with Gasteiger partial charge in [-0.1, -0.05) is 11.6 Å². The molecule has 0 aliphatic carbocycles. The zero-order valence-electron chi connectivity index (χ0n) is 17.3. The van der Waals surface area contributed by atoms with Crippen molar-refractivity contribution >= 4 is 5.91 Å². The molecule has 9 nitrogen and oxygen atoms in total. The highest BCUT2D eigenvalue weighted by molar-refractivity contribution is 5.92. The standard InChI is InChI=1S/C21H26N6O3/c1-25-10-4-3-5-17(25)12-26(2)21(28)20-11-19(30-24-20)13-29-18-8-6-16(7-9-18)27-15-22-14-23-27/h6-9,11,14-15,17H,3-5,10,12-13H2,1-2H3/t17-/m0/s1. The van der Waals surface area contributed by atoms with E-state index < -0.39 is 0 Å². The summed E-state index contributed by atoms with van der Waals surface area (Å²) in [5.41, 5.74) is 1.19. The van der Waals surface area contributed by atoms with E-state index in [0.717, 1.165) is 18.7 Å². The molecule has 1 aliphatic rings. The van der Waals surface area contributed by atoms with Gasteiger partial charge in [0.25, 0.3) is 5.91 Å². The third-order valence-corrected chi connectivity index (χ3v) is 5.43. The minimum atomic E-state index is -0.138. The van der Waals surface area contributed by atoms with E-state index in [4.69, 9.17) is 9.26 Å². The molecule has 1 aliphatic heterocycles. The Morgan fingerprint density at radius 3 is 2.87 bits per heavy atom. The van der Waals surface area contributed by atoms with Crippen molar-refractivity contribution < 1.29 is 14.1 Å². The number of carbonyl (C=O) groups is 1. The summed E-state index contributed by atoms with van der Waals surface area (Å²) in [6.45, 7) is 1.96. The molecule has 0 saturated carbocycles. The van der Waals surface area contributed by atoms with E-state index in [2.05, 4.69) is 27.2 Å². The summed E-state index contributed by atoms with van der Waals surface area (Å²) in [4.78, 5) is 20.7. The number of benzene rings is 1. The van der Waals surface area contributed by atoms with Crippen LogP contribution in [-0.4, -0.2) is 68.9 Å². The molecule has 4 rings (SSSR count). The largest absolute Gasteiger partial charge is 0.486 e. The van der Waals surface area contributed by atoms with Crippen molar-refractivity contribution in [2.75, 3.05) is 27.2 Å². The third-order valence-electron chi connectivity index (χ3n) is 5.43. The molecular formula is C21H26N6O3. The summed E-state index contributed by atoms with van der Waals surface area (Å²) < 4.78 is 12.7. The first-order chi connectivity index (χ1) is 14.6. The highest BCUT2D eigenvalue weighted by Gasteiger charge is 2.24. The van der Waals surface area contributed by atoms with Crippen molar-refractivity contribution in [3.63, 3.8) is 0 Å². The van der Waals surface area contributed by atoms with Crippen LogP contribution in [0.3, 0.4) is 0 Å². The lowest BCUT2D eigenvalue weighted by atomic mass is 10.0. The van der Waals surface area contributed by atoms with E-state index in [1.807, 2.05) is 31.3 Å². The Kier molecular flexibility index (Phi) is 6.08. The smallest absolute Gasteiger partial charge is 0.275 e. The predicted molar refractivity (Wildman–Crippen MR) is 109 cm³/mol. The number of aromatic nitrogens is 4. The summed E-state index contributed by atoms with van der Waals surface area (Å²) in [5, 5.41) is 8.02. The van der Waals surface area contributed by atoms with E-state index in [1.165, 1.54) is 19.2 Å². The molecule has 2 aromatic heterocycles. The monoisotopic (exact) mass is 410 g/mol. The van der Waals surface area contributed by atoms with Gasteiger partial charge in [-0.25, -0.2) is 9.67 Å². The summed E-state index contributed by atoms with van der Waals surface area (Å²) in [6, 6.07) is 9.49. The number of likely N-dealkylation sites (N-methyl/N-ethyl adjacent to an activating group) is 2. The molecule has 1 saturated heterocycles. The fraction of sp³-hybridized carbons (Fsp3) is 0.429. The Bertz CT molecular complexity index is 954. The van der Waals surface area contributed by atoms with Crippen LogP contribution in [0.25, 0.3) is 5.69 Å². The molecule has 3 heterocycles. The van der Waals surface area contributed by atoms with Gasteiger partial charge in [-0.2, -0.15) is 5.10 Å². The number of ether oxygens (including phenoxy) is 1. The predicted octanol–water partition coefficient (Wildman–Crippen LogP) is 2.39. The molecule has 0 bridgehead atoms. The van der Waals surface area contributed by atoms with Crippen molar-refractivity contribution in [3.05, 3.63) is 54.4 Å². The van der Waals surface area contributed by atoms with Gasteiger partial charge in [0.2, 0.25) is 0 Å². The topological polar surface area (TPSA) is 89.5 Å². The normalized spacial score (nSPS) is 17.1. The highest BCUT2D eigenvalue weighted by Crippen LogP contribution is 2.18. The van der Waals surface area contributed by atoms with E-state index in [9.17, 15) is 4.79 Å². The molecule has 30 heavy (non-hydrogen) atoms. The number of nitrogens with zero attached hydrogens (tertiary/aromatic N) is 6. The van der Waals surface area contributed by atoms with E-state index >= 15 is 0 Å². The first-order valence-electron chi connectivity index (χ1n) is 10.1. The molecular weight excluding hydrogens is 384 g/mol. The summed E-state index contributed by atoms with van der Waals surface area (Å²) >= 11 is 0. The SMILES string of the molecule is CN(C[C@@H]1CCCCN1C)C(=O)c1cc(COc2ccc(-n3cncn3)cc2)on1. The van der Waals surface area contributed by atoms with Crippen molar-refractivity contribution in [2.24, 2.45) is 0 Å². The van der Waals surface area contributed by atoms with Crippen LogP contribution in [0.2, 0.25) is 0 Å². The van der Waals surface area contributed by atoms with Gasteiger partial charge in [-0.3, -0.25) is 4.79 Å². The lowest BCUT2D eigenvalue weighted by molar-refractivity contribution is 0.0707. The molecule has 0 N–H and O–H groups in total. The van der Waals surface area contributed by atoms with Crippen LogP contribution in [0.15, 0.2) is 47.5 Å². The third kappa shape index (κ3) is 4.68. The fourth-order valence-corrected chi connectivity index (χ4v) is 3.64. The minimum Gasteiger partial charge on any atom is -0.486 e. The van der Waals surface area contributed by atoms with E-state index in [1.54, 1.807) is 22.0 Å². The van der Waals surface area contributed by atoms with Gasteiger partial charge in [0.05, 0.1) is 5.69 Å².